The molecule has 5 nitrogen and oxygen atoms in total. The summed E-state index contributed by atoms with van der Waals surface area (Å²) in [5, 5.41) is 19.5. The number of nitrogens with zero attached hydrogens (tertiary/aromatic N) is 2. The number of carbonyl (C=O) groups is 1. The molecule has 0 radical (unpaired) electrons. The number of carbonyl (C=O) groups excluding carboxylic acids is 1. The number of rotatable bonds is 4. The van der Waals surface area contributed by atoms with Crippen LogP contribution in [-0.2, 0) is 6.42 Å². The quantitative estimate of drug-likeness (QED) is 0.777. The van der Waals surface area contributed by atoms with E-state index in [1.807, 2.05) is 6.92 Å². The summed E-state index contributed by atoms with van der Waals surface area (Å²) in [6, 6.07) is 1.45. The van der Waals surface area contributed by atoms with Crippen molar-refractivity contribution in [3.63, 3.8) is 0 Å². The van der Waals surface area contributed by atoms with Crippen molar-refractivity contribution in [3.05, 3.63) is 23.0 Å². The van der Waals surface area contributed by atoms with Crippen LogP contribution in [0.5, 0.6) is 0 Å². The fourth-order valence-corrected chi connectivity index (χ4v) is 1.32. The Balaban J connectivity index is 2.93. The molecule has 1 atom stereocenters. The zero-order chi connectivity index (χ0) is 12.1. The van der Waals surface area contributed by atoms with Gasteiger partial charge in [-0.05, 0) is 26.3 Å². The topological polar surface area (TPSA) is 75.1 Å². The summed E-state index contributed by atoms with van der Waals surface area (Å²) in [7, 11) is 0. The molecule has 2 N–H and O–H groups in total. The van der Waals surface area contributed by atoms with Crippen LogP contribution >= 0.6 is 0 Å². The van der Waals surface area contributed by atoms with E-state index in [1.54, 1.807) is 19.9 Å². The molecule has 0 unspecified atom stereocenters. The zero-order valence-corrected chi connectivity index (χ0v) is 9.82. The van der Waals surface area contributed by atoms with Gasteiger partial charge in [-0.3, -0.25) is 4.79 Å². The molecule has 1 aromatic heterocycles. The van der Waals surface area contributed by atoms with Crippen molar-refractivity contribution in [2.75, 3.05) is 6.61 Å². The van der Waals surface area contributed by atoms with Crippen LogP contribution in [-0.4, -0.2) is 33.9 Å². The predicted octanol–water partition coefficient (Wildman–Crippen LogP) is 0.458. The smallest absolute Gasteiger partial charge is 0.253 e. The van der Waals surface area contributed by atoms with E-state index < -0.39 is 0 Å². The number of aromatic nitrogens is 2. The van der Waals surface area contributed by atoms with Crippen LogP contribution in [0.3, 0.4) is 0 Å². The molecule has 0 saturated heterocycles. The molecule has 0 aliphatic rings. The number of nitrogens with one attached hydrogen (secondary N) is 1. The second-order valence-corrected chi connectivity index (χ2v) is 3.76. The standard InChI is InChI=1S/C11H17N3O2/c1-4-10-9(5-7(2)13-14-10)11(16)12-8(3)6-15/h5,8,15H,4,6H2,1-3H3,(H,12,16)/t8-/m1/s1. The van der Waals surface area contributed by atoms with Gasteiger partial charge in [-0.15, -0.1) is 0 Å². The fourth-order valence-electron chi connectivity index (χ4n) is 1.32. The molecule has 5 heteroatoms. The minimum absolute atomic E-state index is 0.0787. The van der Waals surface area contributed by atoms with Crippen molar-refractivity contribution < 1.29 is 9.90 Å². The first kappa shape index (κ1) is 12.6. The van der Waals surface area contributed by atoms with E-state index in [1.165, 1.54) is 0 Å². The molecule has 16 heavy (non-hydrogen) atoms. The second kappa shape index (κ2) is 5.55. The number of aliphatic hydroxyl groups excluding tert-OH is 1. The summed E-state index contributed by atoms with van der Waals surface area (Å²) in [5.74, 6) is -0.212. The van der Waals surface area contributed by atoms with Gasteiger partial charge in [0.1, 0.15) is 0 Å². The molecule has 1 aromatic rings. The molecule has 1 heterocycles. The summed E-state index contributed by atoms with van der Waals surface area (Å²) < 4.78 is 0. The zero-order valence-electron chi connectivity index (χ0n) is 9.82. The number of hydrogen-bond acceptors (Lipinski definition) is 4. The summed E-state index contributed by atoms with van der Waals surface area (Å²) in [6.07, 6.45) is 0.656. The van der Waals surface area contributed by atoms with Gasteiger partial charge in [0.05, 0.1) is 23.6 Å². The van der Waals surface area contributed by atoms with Crippen LogP contribution in [0.25, 0.3) is 0 Å². The molecule has 0 aromatic carbocycles. The van der Waals surface area contributed by atoms with Crippen molar-refractivity contribution >= 4 is 5.91 Å². The molecule has 0 bridgehead atoms. The first-order valence-electron chi connectivity index (χ1n) is 5.33. The Hall–Kier alpha value is -1.49. The highest BCUT2D eigenvalue weighted by Crippen LogP contribution is 2.07. The van der Waals surface area contributed by atoms with Crippen LogP contribution in [0, 0.1) is 6.92 Å². The maximum Gasteiger partial charge on any atom is 0.253 e. The van der Waals surface area contributed by atoms with Crippen molar-refractivity contribution in [1.29, 1.82) is 0 Å². The summed E-state index contributed by atoms with van der Waals surface area (Å²) in [4.78, 5) is 11.9. The predicted molar refractivity (Wildman–Crippen MR) is 60.2 cm³/mol. The molecule has 0 fully saturated rings. The average molecular weight is 223 g/mol. The lowest BCUT2D eigenvalue weighted by molar-refractivity contribution is 0.0920. The molecule has 0 spiro atoms. The third-order valence-electron chi connectivity index (χ3n) is 2.22. The monoisotopic (exact) mass is 223 g/mol. The lowest BCUT2D eigenvalue weighted by Crippen LogP contribution is -2.35. The van der Waals surface area contributed by atoms with Crippen LogP contribution < -0.4 is 5.32 Å². The lowest BCUT2D eigenvalue weighted by Gasteiger charge is -2.12. The maximum absolute atomic E-state index is 11.9. The van der Waals surface area contributed by atoms with Gasteiger partial charge in [0.25, 0.3) is 5.91 Å². The Morgan fingerprint density at radius 2 is 2.25 bits per heavy atom. The molecule has 0 aliphatic carbocycles. The average Bonchev–Trinajstić information content (AvgIpc) is 2.28. The van der Waals surface area contributed by atoms with E-state index in [-0.39, 0.29) is 18.6 Å². The highest BCUT2D eigenvalue weighted by Gasteiger charge is 2.14. The molecule has 88 valence electrons. The molecule has 0 saturated carbocycles. The summed E-state index contributed by atoms with van der Waals surface area (Å²) in [6.45, 7) is 5.37. The Morgan fingerprint density at radius 3 is 2.81 bits per heavy atom. The van der Waals surface area contributed by atoms with Gasteiger partial charge in [0.2, 0.25) is 0 Å². The van der Waals surface area contributed by atoms with E-state index in [0.717, 1.165) is 0 Å². The van der Waals surface area contributed by atoms with Crippen LogP contribution in [0.15, 0.2) is 6.07 Å². The van der Waals surface area contributed by atoms with Gasteiger partial charge in [-0.1, -0.05) is 6.92 Å². The third kappa shape index (κ3) is 3.00. The molecule has 0 aliphatic heterocycles. The number of hydrogen-bond donors (Lipinski definition) is 2. The number of amides is 1. The van der Waals surface area contributed by atoms with Crippen molar-refractivity contribution in [1.82, 2.24) is 15.5 Å². The molecule has 1 rings (SSSR count). The van der Waals surface area contributed by atoms with Gasteiger partial charge in [0.15, 0.2) is 0 Å². The van der Waals surface area contributed by atoms with Gasteiger partial charge in [0, 0.05) is 6.04 Å². The fraction of sp³-hybridized carbons (Fsp3) is 0.545. The Labute approximate surface area is 94.9 Å². The van der Waals surface area contributed by atoms with E-state index >= 15 is 0 Å². The van der Waals surface area contributed by atoms with Crippen molar-refractivity contribution in [3.8, 4) is 0 Å². The van der Waals surface area contributed by atoms with E-state index in [2.05, 4.69) is 15.5 Å². The van der Waals surface area contributed by atoms with Crippen molar-refractivity contribution in [2.24, 2.45) is 0 Å². The largest absolute Gasteiger partial charge is 0.394 e. The third-order valence-corrected chi connectivity index (χ3v) is 2.22. The molecular weight excluding hydrogens is 206 g/mol. The van der Waals surface area contributed by atoms with Gasteiger partial charge in [-0.25, -0.2) is 0 Å². The van der Waals surface area contributed by atoms with Gasteiger partial charge in [-0.2, -0.15) is 10.2 Å². The molecule has 1 amide bonds. The van der Waals surface area contributed by atoms with Gasteiger partial charge < -0.3 is 10.4 Å². The number of aliphatic hydroxyl groups is 1. The maximum atomic E-state index is 11.9. The first-order chi connectivity index (χ1) is 7.58. The van der Waals surface area contributed by atoms with Crippen LogP contribution in [0.4, 0.5) is 0 Å². The Morgan fingerprint density at radius 1 is 1.56 bits per heavy atom. The minimum atomic E-state index is -0.259. The normalized spacial score (nSPS) is 12.2. The van der Waals surface area contributed by atoms with E-state index in [9.17, 15) is 4.79 Å². The minimum Gasteiger partial charge on any atom is -0.394 e. The second-order valence-electron chi connectivity index (χ2n) is 3.76. The van der Waals surface area contributed by atoms with E-state index in [0.29, 0.717) is 23.4 Å². The molecular formula is C11H17N3O2. The van der Waals surface area contributed by atoms with Crippen LogP contribution in [0.1, 0.15) is 35.6 Å². The number of aryl methyl sites for hydroxylation is 2. The van der Waals surface area contributed by atoms with Crippen LogP contribution in [0.2, 0.25) is 0 Å². The summed E-state index contributed by atoms with van der Waals surface area (Å²) in [5.41, 5.74) is 1.92. The summed E-state index contributed by atoms with van der Waals surface area (Å²) >= 11 is 0. The SMILES string of the molecule is CCc1nnc(C)cc1C(=O)N[C@H](C)CO. The highest BCUT2D eigenvalue weighted by atomic mass is 16.3. The van der Waals surface area contributed by atoms with Gasteiger partial charge >= 0.3 is 0 Å². The lowest BCUT2D eigenvalue weighted by atomic mass is 10.1. The Kier molecular flexibility index (Phi) is 4.37. The first-order valence-corrected chi connectivity index (χ1v) is 5.33. The Bertz CT molecular complexity index is 379. The highest BCUT2D eigenvalue weighted by molar-refractivity contribution is 5.95. The van der Waals surface area contributed by atoms with Crippen molar-refractivity contribution in [2.45, 2.75) is 33.2 Å². The van der Waals surface area contributed by atoms with E-state index in [4.69, 9.17) is 5.11 Å².